The lowest BCUT2D eigenvalue weighted by molar-refractivity contribution is 0.0926. The summed E-state index contributed by atoms with van der Waals surface area (Å²) in [4.78, 5) is 36.6. The molecular weight excluding hydrogens is 382 g/mol. The molecule has 1 aliphatic rings. The molecule has 0 spiro atoms. The number of piperazine rings is 1. The SMILES string of the molecule is CC(CN1CCN(c2ccccn2)CC1)NC(=O)c1ccc(-c2ccco2)[nH]c1=O. The summed E-state index contributed by atoms with van der Waals surface area (Å²) in [7, 11) is 0. The molecule has 1 saturated heterocycles. The van der Waals surface area contributed by atoms with Crippen LogP contribution in [0.4, 0.5) is 5.82 Å². The number of aromatic nitrogens is 2. The Morgan fingerprint density at radius 1 is 1.17 bits per heavy atom. The molecule has 0 saturated carbocycles. The van der Waals surface area contributed by atoms with E-state index >= 15 is 0 Å². The van der Waals surface area contributed by atoms with E-state index in [-0.39, 0.29) is 17.5 Å². The molecular formula is C22H25N5O3. The maximum absolute atomic E-state index is 12.6. The number of furan rings is 1. The first-order chi connectivity index (χ1) is 14.6. The molecule has 1 aliphatic heterocycles. The summed E-state index contributed by atoms with van der Waals surface area (Å²) < 4.78 is 5.28. The van der Waals surface area contributed by atoms with Crippen molar-refractivity contribution in [3.8, 4) is 11.5 Å². The summed E-state index contributed by atoms with van der Waals surface area (Å²) in [5.41, 5.74) is 0.204. The van der Waals surface area contributed by atoms with Crippen LogP contribution >= 0.6 is 0 Å². The highest BCUT2D eigenvalue weighted by molar-refractivity contribution is 5.94. The molecule has 2 N–H and O–H groups in total. The summed E-state index contributed by atoms with van der Waals surface area (Å²) in [6.07, 6.45) is 3.34. The van der Waals surface area contributed by atoms with Gasteiger partial charge in [0.2, 0.25) is 0 Å². The molecule has 4 rings (SSSR count). The van der Waals surface area contributed by atoms with Crippen LogP contribution in [0.15, 0.2) is 64.1 Å². The Morgan fingerprint density at radius 2 is 2.00 bits per heavy atom. The van der Waals surface area contributed by atoms with Crippen molar-refractivity contribution in [1.29, 1.82) is 0 Å². The number of amides is 1. The third-order valence-electron chi connectivity index (χ3n) is 5.20. The van der Waals surface area contributed by atoms with Gasteiger partial charge in [-0.25, -0.2) is 4.98 Å². The molecule has 0 aromatic carbocycles. The van der Waals surface area contributed by atoms with Crippen molar-refractivity contribution in [3.05, 3.63) is 70.8 Å². The van der Waals surface area contributed by atoms with Crippen molar-refractivity contribution in [3.63, 3.8) is 0 Å². The molecule has 0 bridgehead atoms. The molecule has 1 fully saturated rings. The second-order valence-corrected chi connectivity index (χ2v) is 7.44. The van der Waals surface area contributed by atoms with E-state index in [0.29, 0.717) is 11.5 Å². The lowest BCUT2D eigenvalue weighted by Gasteiger charge is -2.36. The van der Waals surface area contributed by atoms with Crippen LogP contribution in [0.1, 0.15) is 17.3 Å². The van der Waals surface area contributed by atoms with Gasteiger partial charge in [-0.05, 0) is 43.3 Å². The van der Waals surface area contributed by atoms with Gasteiger partial charge < -0.3 is 19.6 Å². The van der Waals surface area contributed by atoms with Gasteiger partial charge in [-0.2, -0.15) is 0 Å². The summed E-state index contributed by atoms with van der Waals surface area (Å²) >= 11 is 0. The van der Waals surface area contributed by atoms with Gasteiger partial charge in [-0.15, -0.1) is 0 Å². The van der Waals surface area contributed by atoms with E-state index < -0.39 is 5.56 Å². The average Bonchev–Trinajstić information content (AvgIpc) is 3.29. The molecule has 3 aromatic rings. The van der Waals surface area contributed by atoms with E-state index in [1.165, 1.54) is 12.3 Å². The third-order valence-corrected chi connectivity index (χ3v) is 5.20. The van der Waals surface area contributed by atoms with Gasteiger partial charge in [0, 0.05) is 45.0 Å². The van der Waals surface area contributed by atoms with Crippen molar-refractivity contribution in [2.75, 3.05) is 37.6 Å². The van der Waals surface area contributed by atoms with Crippen LogP contribution in [-0.4, -0.2) is 59.5 Å². The summed E-state index contributed by atoms with van der Waals surface area (Å²) in [6, 6.07) is 12.6. The van der Waals surface area contributed by atoms with Gasteiger partial charge in [0.1, 0.15) is 17.1 Å². The largest absolute Gasteiger partial charge is 0.463 e. The van der Waals surface area contributed by atoms with Crippen LogP contribution in [-0.2, 0) is 0 Å². The van der Waals surface area contributed by atoms with Gasteiger partial charge in [0.05, 0.1) is 12.0 Å². The number of anilines is 1. The molecule has 30 heavy (non-hydrogen) atoms. The quantitative estimate of drug-likeness (QED) is 0.649. The first-order valence-corrected chi connectivity index (χ1v) is 10.1. The van der Waals surface area contributed by atoms with Gasteiger partial charge in [0.15, 0.2) is 0 Å². The van der Waals surface area contributed by atoms with E-state index in [1.807, 2.05) is 31.3 Å². The van der Waals surface area contributed by atoms with Crippen LogP contribution < -0.4 is 15.8 Å². The number of hydrogen-bond donors (Lipinski definition) is 2. The molecule has 0 radical (unpaired) electrons. The zero-order chi connectivity index (χ0) is 20.9. The maximum atomic E-state index is 12.6. The second kappa shape index (κ2) is 8.96. The fourth-order valence-electron chi connectivity index (χ4n) is 3.66. The Morgan fingerprint density at radius 3 is 2.67 bits per heavy atom. The summed E-state index contributed by atoms with van der Waals surface area (Å²) in [5.74, 6) is 1.18. The van der Waals surface area contributed by atoms with Gasteiger partial charge in [0.25, 0.3) is 11.5 Å². The van der Waals surface area contributed by atoms with Crippen molar-refractivity contribution in [2.45, 2.75) is 13.0 Å². The Balaban J connectivity index is 1.30. The Labute approximate surface area is 174 Å². The molecule has 0 aliphatic carbocycles. The summed E-state index contributed by atoms with van der Waals surface area (Å²) in [5, 5.41) is 2.93. The molecule has 1 unspecified atom stereocenters. The first kappa shape index (κ1) is 19.9. The number of nitrogens with zero attached hydrogens (tertiary/aromatic N) is 3. The van der Waals surface area contributed by atoms with E-state index in [2.05, 4.69) is 25.1 Å². The second-order valence-electron chi connectivity index (χ2n) is 7.44. The monoisotopic (exact) mass is 407 g/mol. The van der Waals surface area contributed by atoms with Crippen LogP contribution in [0.2, 0.25) is 0 Å². The molecule has 156 valence electrons. The minimum absolute atomic E-state index is 0.0805. The predicted octanol–water partition coefficient (Wildman–Crippen LogP) is 1.97. The number of rotatable bonds is 6. The molecule has 1 atom stereocenters. The lowest BCUT2D eigenvalue weighted by Crippen LogP contribution is -2.51. The normalized spacial score (nSPS) is 15.7. The molecule has 1 amide bonds. The van der Waals surface area contributed by atoms with Crippen LogP contribution in [0.3, 0.4) is 0 Å². The van der Waals surface area contributed by atoms with E-state index in [0.717, 1.165) is 38.5 Å². The topological polar surface area (TPSA) is 94.5 Å². The number of nitrogens with one attached hydrogen (secondary N) is 2. The van der Waals surface area contributed by atoms with E-state index in [4.69, 9.17) is 4.42 Å². The number of carbonyl (C=O) groups is 1. The average molecular weight is 407 g/mol. The van der Waals surface area contributed by atoms with Crippen molar-refractivity contribution in [1.82, 2.24) is 20.2 Å². The molecule has 8 nitrogen and oxygen atoms in total. The predicted molar refractivity (Wildman–Crippen MR) is 115 cm³/mol. The van der Waals surface area contributed by atoms with E-state index in [1.54, 1.807) is 18.2 Å². The van der Waals surface area contributed by atoms with Crippen molar-refractivity contribution < 1.29 is 9.21 Å². The number of hydrogen-bond acceptors (Lipinski definition) is 6. The standard InChI is InChI=1S/C22H25N5O3/c1-16(15-26-10-12-27(13-11-26)20-6-2-3-9-23-20)24-21(28)17-7-8-18(25-22(17)29)19-5-4-14-30-19/h2-9,14,16H,10-13,15H2,1H3,(H,24,28)(H,25,29). The minimum Gasteiger partial charge on any atom is -0.463 e. The number of pyridine rings is 2. The Bertz CT molecular complexity index is 1020. The molecule has 4 heterocycles. The summed E-state index contributed by atoms with van der Waals surface area (Å²) in [6.45, 7) is 6.26. The highest BCUT2D eigenvalue weighted by Crippen LogP contribution is 2.16. The highest BCUT2D eigenvalue weighted by Gasteiger charge is 2.21. The van der Waals surface area contributed by atoms with Gasteiger partial charge >= 0.3 is 0 Å². The first-order valence-electron chi connectivity index (χ1n) is 10.1. The van der Waals surface area contributed by atoms with Crippen LogP contribution in [0, 0.1) is 0 Å². The highest BCUT2D eigenvalue weighted by atomic mass is 16.3. The Hall–Kier alpha value is -3.39. The van der Waals surface area contributed by atoms with Crippen LogP contribution in [0.25, 0.3) is 11.5 Å². The molecule has 8 heteroatoms. The molecule has 3 aromatic heterocycles. The van der Waals surface area contributed by atoms with Gasteiger partial charge in [-0.1, -0.05) is 6.07 Å². The lowest BCUT2D eigenvalue weighted by atomic mass is 10.2. The number of H-pyrrole nitrogens is 1. The zero-order valence-electron chi connectivity index (χ0n) is 16.9. The third kappa shape index (κ3) is 4.60. The zero-order valence-corrected chi connectivity index (χ0v) is 16.9. The van der Waals surface area contributed by atoms with E-state index in [9.17, 15) is 9.59 Å². The fraction of sp³-hybridized carbons (Fsp3) is 0.318. The smallest absolute Gasteiger partial charge is 0.261 e. The van der Waals surface area contributed by atoms with Crippen molar-refractivity contribution in [2.24, 2.45) is 0 Å². The fourth-order valence-corrected chi connectivity index (χ4v) is 3.66. The van der Waals surface area contributed by atoms with Crippen LogP contribution in [0.5, 0.6) is 0 Å². The number of carbonyl (C=O) groups excluding carboxylic acids is 1. The van der Waals surface area contributed by atoms with Gasteiger partial charge in [-0.3, -0.25) is 14.5 Å². The minimum atomic E-state index is -0.433. The number of aromatic amines is 1. The van der Waals surface area contributed by atoms with Crippen molar-refractivity contribution >= 4 is 11.7 Å². The maximum Gasteiger partial charge on any atom is 0.261 e. The Kier molecular flexibility index (Phi) is 5.94.